The zero-order chi connectivity index (χ0) is 16.1. The number of carbonyl (C=O) groups is 1. The van der Waals surface area contributed by atoms with Crippen LogP contribution in [-0.2, 0) is 0 Å². The number of aromatic hydroxyl groups is 1. The maximum atomic E-state index is 13.5. The monoisotopic (exact) mass is 364 g/mol. The van der Waals surface area contributed by atoms with Gasteiger partial charge in [-0.3, -0.25) is 4.79 Å². The lowest BCUT2D eigenvalue weighted by Gasteiger charge is -2.08. The van der Waals surface area contributed by atoms with Crippen LogP contribution in [0.5, 0.6) is 11.5 Å². The van der Waals surface area contributed by atoms with Gasteiger partial charge in [-0.25, -0.2) is 4.39 Å². The second-order valence-corrected chi connectivity index (χ2v) is 5.31. The van der Waals surface area contributed by atoms with Gasteiger partial charge >= 0.3 is 0 Å². The number of ketones is 1. The second-order valence-electron chi connectivity index (χ2n) is 4.46. The Kier molecular flexibility index (Phi) is 5.33. The van der Waals surface area contributed by atoms with Crippen molar-refractivity contribution in [2.75, 3.05) is 6.61 Å². The van der Waals surface area contributed by atoms with E-state index in [0.717, 1.165) is 0 Å². The Morgan fingerprint density at radius 3 is 2.77 bits per heavy atom. The molecule has 22 heavy (non-hydrogen) atoms. The molecule has 0 saturated heterocycles. The summed E-state index contributed by atoms with van der Waals surface area (Å²) in [6.07, 6.45) is 2.83. The number of ether oxygens (including phenoxy) is 1. The standard InChI is InChI=1S/C17H14BrFO3/c1-2-22-16-10-11(9-13(18)17(16)21)7-8-15(20)12-5-3-4-6-14(12)19/h3-10,21H,2H2,1H3/b8-7+. The number of phenolic OH excluding ortho intramolecular Hbond substituents is 1. The van der Waals surface area contributed by atoms with Gasteiger partial charge in [0.05, 0.1) is 16.6 Å². The summed E-state index contributed by atoms with van der Waals surface area (Å²) in [5.41, 5.74) is 0.666. The summed E-state index contributed by atoms with van der Waals surface area (Å²) in [6.45, 7) is 2.21. The second kappa shape index (κ2) is 7.22. The predicted molar refractivity (Wildman–Crippen MR) is 86.7 cm³/mol. The summed E-state index contributed by atoms with van der Waals surface area (Å²) in [5, 5.41) is 9.83. The van der Waals surface area contributed by atoms with Crippen LogP contribution in [0, 0.1) is 5.82 Å². The van der Waals surface area contributed by atoms with Gasteiger partial charge in [0, 0.05) is 0 Å². The fourth-order valence-corrected chi connectivity index (χ4v) is 2.34. The van der Waals surface area contributed by atoms with Gasteiger partial charge in [-0.15, -0.1) is 0 Å². The molecule has 0 aromatic heterocycles. The molecule has 114 valence electrons. The van der Waals surface area contributed by atoms with E-state index < -0.39 is 11.6 Å². The topological polar surface area (TPSA) is 46.5 Å². The van der Waals surface area contributed by atoms with Gasteiger partial charge in [0.1, 0.15) is 5.82 Å². The minimum Gasteiger partial charge on any atom is -0.503 e. The lowest BCUT2D eigenvalue weighted by atomic mass is 10.1. The van der Waals surface area contributed by atoms with E-state index in [-0.39, 0.29) is 11.3 Å². The summed E-state index contributed by atoms with van der Waals surface area (Å²) >= 11 is 3.22. The normalized spacial score (nSPS) is 10.9. The van der Waals surface area contributed by atoms with Gasteiger partial charge in [0.2, 0.25) is 0 Å². The molecule has 1 N–H and O–H groups in total. The third kappa shape index (κ3) is 3.74. The highest BCUT2D eigenvalue weighted by molar-refractivity contribution is 9.10. The van der Waals surface area contributed by atoms with Crippen LogP contribution in [0.3, 0.4) is 0 Å². The Labute approximate surface area is 136 Å². The Morgan fingerprint density at radius 1 is 1.36 bits per heavy atom. The van der Waals surface area contributed by atoms with Gasteiger partial charge in [0.15, 0.2) is 17.3 Å². The first-order valence-electron chi connectivity index (χ1n) is 6.65. The maximum Gasteiger partial charge on any atom is 0.188 e. The van der Waals surface area contributed by atoms with E-state index >= 15 is 0 Å². The lowest BCUT2D eigenvalue weighted by molar-refractivity contribution is 0.104. The molecule has 0 atom stereocenters. The van der Waals surface area contributed by atoms with Crippen molar-refractivity contribution in [2.24, 2.45) is 0 Å². The number of carbonyl (C=O) groups excluding carboxylic acids is 1. The molecule has 0 aliphatic carbocycles. The first kappa shape index (κ1) is 16.2. The van der Waals surface area contributed by atoms with E-state index in [1.807, 2.05) is 0 Å². The molecule has 0 amide bonds. The average Bonchev–Trinajstić information content (AvgIpc) is 2.50. The van der Waals surface area contributed by atoms with Gasteiger partial charge in [0.25, 0.3) is 0 Å². The van der Waals surface area contributed by atoms with E-state index in [1.165, 1.54) is 24.3 Å². The molecule has 3 nitrogen and oxygen atoms in total. The number of phenols is 1. The molecule has 2 rings (SSSR count). The zero-order valence-corrected chi connectivity index (χ0v) is 13.4. The molecule has 0 spiro atoms. The van der Waals surface area contributed by atoms with Crippen molar-refractivity contribution in [3.63, 3.8) is 0 Å². The van der Waals surface area contributed by atoms with Crippen molar-refractivity contribution in [1.82, 2.24) is 0 Å². The number of hydrogen-bond acceptors (Lipinski definition) is 3. The third-order valence-corrected chi connectivity index (χ3v) is 3.52. The van der Waals surface area contributed by atoms with Gasteiger partial charge in [-0.05, 0) is 58.8 Å². The van der Waals surface area contributed by atoms with Crippen molar-refractivity contribution in [3.8, 4) is 11.5 Å². The Bertz CT molecular complexity index is 726. The number of rotatable bonds is 5. The molecule has 0 aliphatic rings. The van der Waals surface area contributed by atoms with Crippen LogP contribution in [0.25, 0.3) is 6.08 Å². The first-order chi connectivity index (χ1) is 10.5. The fourth-order valence-electron chi connectivity index (χ4n) is 1.88. The third-order valence-electron chi connectivity index (χ3n) is 2.92. The van der Waals surface area contributed by atoms with Crippen molar-refractivity contribution in [3.05, 3.63) is 63.9 Å². The highest BCUT2D eigenvalue weighted by Gasteiger charge is 2.10. The van der Waals surface area contributed by atoms with Gasteiger partial charge in [-0.2, -0.15) is 0 Å². The summed E-state index contributed by atoms with van der Waals surface area (Å²) in [4.78, 5) is 12.0. The quantitative estimate of drug-likeness (QED) is 0.623. The summed E-state index contributed by atoms with van der Waals surface area (Å²) in [7, 11) is 0. The number of halogens is 2. The van der Waals surface area contributed by atoms with E-state index in [9.17, 15) is 14.3 Å². The zero-order valence-electron chi connectivity index (χ0n) is 11.8. The fraction of sp³-hybridized carbons (Fsp3) is 0.118. The molecule has 0 unspecified atom stereocenters. The average molecular weight is 365 g/mol. The maximum absolute atomic E-state index is 13.5. The molecule has 0 aliphatic heterocycles. The van der Waals surface area contributed by atoms with Crippen LogP contribution in [-0.4, -0.2) is 17.5 Å². The molecule has 0 fully saturated rings. The van der Waals surface area contributed by atoms with Crippen molar-refractivity contribution in [2.45, 2.75) is 6.92 Å². The number of allylic oxidation sites excluding steroid dienone is 1. The minimum absolute atomic E-state index is 0.000527. The summed E-state index contributed by atoms with van der Waals surface area (Å²) < 4.78 is 19.3. The molecule has 0 heterocycles. The lowest BCUT2D eigenvalue weighted by Crippen LogP contribution is -1.98. The predicted octanol–water partition coefficient (Wildman–Crippen LogP) is 4.59. The molecular weight excluding hydrogens is 351 g/mol. The first-order valence-corrected chi connectivity index (χ1v) is 7.44. The molecule has 2 aromatic rings. The Morgan fingerprint density at radius 2 is 2.09 bits per heavy atom. The molecule has 5 heteroatoms. The highest BCUT2D eigenvalue weighted by atomic mass is 79.9. The van der Waals surface area contributed by atoms with Gasteiger partial charge < -0.3 is 9.84 Å². The van der Waals surface area contributed by atoms with Crippen LogP contribution in [0.15, 0.2) is 46.9 Å². The molecule has 0 bridgehead atoms. The van der Waals surface area contributed by atoms with Crippen molar-refractivity contribution >= 4 is 27.8 Å². The van der Waals surface area contributed by atoms with Crippen LogP contribution in [0.1, 0.15) is 22.8 Å². The number of benzene rings is 2. The van der Waals surface area contributed by atoms with Gasteiger partial charge in [-0.1, -0.05) is 18.2 Å². The summed E-state index contributed by atoms with van der Waals surface area (Å²) in [6, 6.07) is 9.05. The van der Waals surface area contributed by atoms with E-state index in [0.29, 0.717) is 22.4 Å². The van der Waals surface area contributed by atoms with E-state index in [4.69, 9.17) is 4.74 Å². The van der Waals surface area contributed by atoms with Crippen LogP contribution >= 0.6 is 15.9 Å². The molecule has 0 saturated carbocycles. The van der Waals surface area contributed by atoms with Crippen molar-refractivity contribution < 1.29 is 19.0 Å². The van der Waals surface area contributed by atoms with E-state index in [1.54, 1.807) is 31.2 Å². The Hall–Kier alpha value is -2.14. The Balaban J connectivity index is 2.27. The van der Waals surface area contributed by atoms with Crippen molar-refractivity contribution in [1.29, 1.82) is 0 Å². The molecule has 0 radical (unpaired) electrons. The largest absolute Gasteiger partial charge is 0.503 e. The van der Waals surface area contributed by atoms with Crippen LogP contribution < -0.4 is 4.74 Å². The van der Waals surface area contributed by atoms with E-state index in [2.05, 4.69) is 15.9 Å². The smallest absolute Gasteiger partial charge is 0.188 e. The molecule has 2 aromatic carbocycles. The summed E-state index contributed by atoms with van der Waals surface area (Å²) in [5.74, 6) is -0.673. The minimum atomic E-state index is -0.556. The SMILES string of the molecule is CCOc1cc(/C=C/C(=O)c2ccccc2F)cc(Br)c1O. The highest BCUT2D eigenvalue weighted by Crippen LogP contribution is 2.35. The van der Waals surface area contributed by atoms with Crippen LogP contribution in [0.4, 0.5) is 4.39 Å². The van der Waals surface area contributed by atoms with Crippen LogP contribution in [0.2, 0.25) is 0 Å². The number of hydrogen-bond donors (Lipinski definition) is 1. The molecular formula is C17H14BrFO3.